The molecule has 0 aliphatic carbocycles. The number of benzene rings is 1. The van der Waals surface area contributed by atoms with Crippen LogP contribution in [0.2, 0.25) is 0 Å². The van der Waals surface area contributed by atoms with Crippen molar-refractivity contribution in [3.05, 3.63) is 30.3 Å². The molecule has 0 aliphatic heterocycles. The molecule has 66 valence electrons. The molecule has 0 spiro atoms. The highest BCUT2D eigenvalue weighted by molar-refractivity contribution is 7.93. The Morgan fingerprint density at radius 3 is 2.42 bits per heavy atom. The van der Waals surface area contributed by atoms with Gasteiger partial charge in [-0.15, -0.1) is 0 Å². The quantitative estimate of drug-likeness (QED) is 0.747. The minimum atomic E-state index is -2.34. The van der Waals surface area contributed by atoms with Crippen LogP contribution < -0.4 is 5.73 Å². The first-order valence-corrected chi connectivity index (χ1v) is 5.29. The van der Waals surface area contributed by atoms with Crippen LogP contribution in [0, 0.1) is 0 Å². The maximum absolute atomic E-state index is 11.8. The van der Waals surface area contributed by atoms with Crippen LogP contribution in [0.25, 0.3) is 0 Å². The molecule has 0 aromatic heterocycles. The second-order valence-corrected chi connectivity index (χ2v) is 4.75. The lowest BCUT2D eigenvalue weighted by Crippen LogP contribution is -2.14. The van der Waals surface area contributed by atoms with E-state index in [9.17, 15) is 4.21 Å². The van der Waals surface area contributed by atoms with Gasteiger partial charge in [0.05, 0.1) is 15.6 Å². The van der Waals surface area contributed by atoms with Gasteiger partial charge in [0.25, 0.3) is 0 Å². The lowest BCUT2D eigenvalue weighted by molar-refractivity contribution is 0.676. The lowest BCUT2D eigenvalue weighted by atomic mass is 10.4. The van der Waals surface area contributed by atoms with E-state index in [-0.39, 0.29) is 5.88 Å². The van der Waals surface area contributed by atoms with Crippen molar-refractivity contribution in [3.63, 3.8) is 0 Å². The summed E-state index contributed by atoms with van der Waals surface area (Å²) in [6.07, 6.45) is 0. The molecule has 1 unspecified atom stereocenters. The van der Waals surface area contributed by atoms with Gasteiger partial charge in [-0.25, -0.2) is 8.57 Å². The van der Waals surface area contributed by atoms with Crippen molar-refractivity contribution in [1.29, 1.82) is 0 Å². The van der Waals surface area contributed by atoms with Crippen LogP contribution in [-0.2, 0) is 9.73 Å². The Kier molecular flexibility index (Phi) is 2.83. The summed E-state index contributed by atoms with van der Waals surface area (Å²) < 4.78 is 15.6. The molecule has 0 saturated carbocycles. The maximum Gasteiger partial charge on any atom is 0.0879 e. The summed E-state index contributed by atoms with van der Waals surface area (Å²) >= 11 is 0. The van der Waals surface area contributed by atoms with Crippen molar-refractivity contribution in [2.45, 2.75) is 4.90 Å². The van der Waals surface area contributed by atoms with Gasteiger partial charge in [0.2, 0.25) is 0 Å². The monoisotopic (exact) mass is 184 g/mol. The molecule has 2 N–H and O–H groups in total. The number of rotatable bonds is 2. The summed E-state index contributed by atoms with van der Waals surface area (Å²) in [7, 11) is -0.811. The summed E-state index contributed by atoms with van der Waals surface area (Å²) in [4.78, 5) is 0.704. The highest BCUT2D eigenvalue weighted by Crippen LogP contribution is 2.10. The van der Waals surface area contributed by atoms with Crippen molar-refractivity contribution in [2.24, 2.45) is 10.1 Å². The minimum absolute atomic E-state index is 0.0769. The molecule has 0 bridgehead atoms. The molecule has 1 rings (SSSR count). The first-order chi connectivity index (χ1) is 5.73. The SMILES string of the molecule is CN=S(=O)(CN)c1ccccc1. The smallest absolute Gasteiger partial charge is 0.0879 e. The lowest BCUT2D eigenvalue weighted by Gasteiger charge is -2.04. The van der Waals surface area contributed by atoms with E-state index in [1.807, 2.05) is 18.2 Å². The Labute approximate surface area is 72.8 Å². The number of hydrogen-bond donors (Lipinski definition) is 1. The van der Waals surface area contributed by atoms with Crippen LogP contribution in [0.1, 0.15) is 0 Å². The molecule has 1 atom stereocenters. The highest BCUT2D eigenvalue weighted by atomic mass is 32.2. The van der Waals surface area contributed by atoms with Gasteiger partial charge in [-0.1, -0.05) is 18.2 Å². The molecule has 0 fully saturated rings. The van der Waals surface area contributed by atoms with Crippen LogP contribution in [-0.4, -0.2) is 17.1 Å². The fourth-order valence-corrected chi connectivity index (χ4v) is 2.04. The zero-order valence-electron chi connectivity index (χ0n) is 6.93. The molecule has 0 radical (unpaired) electrons. The van der Waals surface area contributed by atoms with Gasteiger partial charge >= 0.3 is 0 Å². The fourth-order valence-electron chi connectivity index (χ4n) is 0.909. The second kappa shape index (κ2) is 3.69. The average molecular weight is 184 g/mol. The molecule has 0 aliphatic rings. The van der Waals surface area contributed by atoms with Crippen LogP contribution in [0.4, 0.5) is 0 Å². The second-order valence-electron chi connectivity index (χ2n) is 2.30. The van der Waals surface area contributed by atoms with Crippen LogP contribution in [0.3, 0.4) is 0 Å². The third-order valence-electron chi connectivity index (χ3n) is 1.63. The summed E-state index contributed by atoms with van der Waals surface area (Å²) in [6, 6.07) is 9.09. The summed E-state index contributed by atoms with van der Waals surface area (Å²) in [6.45, 7) is 0. The summed E-state index contributed by atoms with van der Waals surface area (Å²) in [5, 5.41) is 0. The van der Waals surface area contributed by atoms with Crippen molar-refractivity contribution >= 4 is 9.73 Å². The van der Waals surface area contributed by atoms with Crippen molar-refractivity contribution in [3.8, 4) is 0 Å². The zero-order chi connectivity index (χ0) is 9.03. The molecule has 0 amide bonds. The summed E-state index contributed by atoms with van der Waals surface area (Å²) in [5.41, 5.74) is 5.38. The summed E-state index contributed by atoms with van der Waals surface area (Å²) in [5.74, 6) is 0.0769. The Morgan fingerprint density at radius 1 is 1.42 bits per heavy atom. The van der Waals surface area contributed by atoms with E-state index < -0.39 is 9.73 Å². The van der Waals surface area contributed by atoms with Gasteiger partial charge < -0.3 is 5.73 Å². The average Bonchev–Trinajstić information content (AvgIpc) is 2.18. The van der Waals surface area contributed by atoms with Crippen molar-refractivity contribution in [1.82, 2.24) is 0 Å². The largest absolute Gasteiger partial charge is 0.319 e. The van der Waals surface area contributed by atoms with Gasteiger partial charge in [0.1, 0.15) is 0 Å². The van der Waals surface area contributed by atoms with E-state index >= 15 is 0 Å². The number of nitrogens with two attached hydrogens (primary N) is 1. The van der Waals surface area contributed by atoms with Crippen molar-refractivity contribution in [2.75, 3.05) is 12.9 Å². The third kappa shape index (κ3) is 1.65. The Hall–Kier alpha value is -0.870. The van der Waals surface area contributed by atoms with E-state index in [2.05, 4.69) is 4.36 Å². The molecule has 1 aromatic carbocycles. The topological polar surface area (TPSA) is 55.5 Å². The molecule has 3 nitrogen and oxygen atoms in total. The molecule has 0 saturated heterocycles. The number of nitrogens with zero attached hydrogens (tertiary/aromatic N) is 1. The molecule has 0 heterocycles. The third-order valence-corrected chi connectivity index (χ3v) is 3.68. The normalized spacial score (nSPS) is 15.2. The molecule has 4 heteroatoms. The molecular formula is C8H12N2OS. The zero-order valence-corrected chi connectivity index (χ0v) is 7.75. The van der Waals surface area contributed by atoms with Gasteiger partial charge in [-0.05, 0) is 12.1 Å². The van der Waals surface area contributed by atoms with Crippen LogP contribution in [0.15, 0.2) is 39.6 Å². The maximum atomic E-state index is 11.8. The van der Waals surface area contributed by atoms with E-state index in [1.165, 1.54) is 7.05 Å². The van der Waals surface area contributed by atoms with Gasteiger partial charge in [-0.2, -0.15) is 0 Å². The Morgan fingerprint density at radius 2 is 2.00 bits per heavy atom. The molecule has 12 heavy (non-hydrogen) atoms. The number of hydrogen-bond acceptors (Lipinski definition) is 3. The Balaban J connectivity index is 3.24. The molecule has 1 aromatic rings. The van der Waals surface area contributed by atoms with Crippen LogP contribution >= 0.6 is 0 Å². The first-order valence-electron chi connectivity index (χ1n) is 3.61. The first kappa shape index (κ1) is 9.22. The van der Waals surface area contributed by atoms with Gasteiger partial charge in [0, 0.05) is 11.9 Å². The van der Waals surface area contributed by atoms with Gasteiger partial charge in [0.15, 0.2) is 0 Å². The standard InChI is InChI=1S/C8H12N2OS/c1-10-12(11,7-9)8-5-3-2-4-6-8/h2-6H,7,9H2,1H3. The van der Waals surface area contributed by atoms with Gasteiger partial charge in [-0.3, -0.25) is 0 Å². The molecular weight excluding hydrogens is 172 g/mol. The fraction of sp³-hybridized carbons (Fsp3) is 0.250. The van der Waals surface area contributed by atoms with Crippen LogP contribution in [0.5, 0.6) is 0 Å². The van der Waals surface area contributed by atoms with E-state index in [4.69, 9.17) is 5.73 Å². The van der Waals surface area contributed by atoms with E-state index in [1.54, 1.807) is 12.1 Å². The van der Waals surface area contributed by atoms with Crippen molar-refractivity contribution < 1.29 is 4.21 Å². The minimum Gasteiger partial charge on any atom is -0.319 e. The Bertz CT molecular complexity index is 353. The van der Waals surface area contributed by atoms with E-state index in [0.29, 0.717) is 4.90 Å². The van der Waals surface area contributed by atoms with E-state index in [0.717, 1.165) is 0 Å². The highest BCUT2D eigenvalue weighted by Gasteiger charge is 2.06. The predicted octanol–water partition coefficient (Wildman–Crippen LogP) is 1.06. The predicted molar refractivity (Wildman–Crippen MR) is 50.3 cm³/mol.